The van der Waals surface area contributed by atoms with Crippen molar-refractivity contribution < 1.29 is 19.1 Å². The fraction of sp³-hybridized carbons (Fsp3) is 0.294. The number of likely N-dealkylation sites (N-methyl/N-ethyl adjacent to an activating group) is 1. The zero-order valence-electron chi connectivity index (χ0n) is 13.2. The SMILES string of the molecule is C=CC(=O)N(C)CC.C=CC(=O)OCCOc1ccccc1. The second-order valence-corrected chi connectivity index (χ2v) is 4.09. The van der Waals surface area contributed by atoms with Crippen LogP contribution in [-0.4, -0.2) is 43.6 Å². The molecule has 0 aliphatic heterocycles. The van der Waals surface area contributed by atoms with Gasteiger partial charge in [-0.15, -0.1) is 0 Å². The molecule has 0 aliphatic carbocycles. The molecule has 1 amide bonds. The van der Waals surface area contributed by atoms with Crippen molar-refractivity contribution in [1.82, 2.24) is 4.90 Å². The first-order chi connectivity index (χ1) is 10.5. The van der Waals surface area contributed by atoms with E-state index in [0.29, 0.717) is 6.61 Å². The van der Waals surface area contributed by atoms with E-state index in [9.17, 15) is 9.59 Å². The summed E-state index contributed by atoms with van der Waals surface area (Å²) in [7, 11) is 1.74. The number of carbonyl (C=O) groups is 2. The number of benzene rings is 1. The number of hydrogen-bond acceptors (Lipinski definition) is 4. The zero-order valence-corrected chi connectivity index (χ0v) is 13.2. The third kappa shape index (κ3) is 9.36. The molecular weight excluding hydrogens is 282 g/mol. The lowest BCUT2D eigenvalue weighted by Gasteiger charge is -2.09. The highest BCUT2D eigenvalue weighted by Gasteiger charge is 1.97. The molecule has 0 atom stereocenters. The van der Waals surface area contributed by atoms with Crippen LogP contribution >= 0.6 is 0 Å². The molecule has 22 heavy (non-hydrogen) atoms. The Morgan fingerprint density at radius 2 is 1.77 bits per heavy atom. The van der Waals surface area contributed by atoms with E-state index in [4.69, 9.17) is 9.47 Å². The molecule has 1 aromatic rings. The predicted octanol–water partition coefficient (Wildman–Crippen LogP) is 2.45. The number of carbonyl (C=O) groups excluding carboxylic acids is 2. The fourth-order valence-corrected chi connectivity index (χ4v) is 1.19. The Bertz CT molecular complexity index is 471. The molecule has 0 bridgehead atoms. The maximum absolute atomic E-state index is 10.6. The highest BCUT2D eigenvalue weighted by atomic mass is 16.6. The number of para-hydroxylation sites is 1. The van der Waals surface area contributed by atoms with Gasteiger partial charge < -0.3 is 14.4 Å². The molecule has 5 nitrogen and oxygen atoms in total. The van der Waals surface area contributed by atoms with Gasteiger partial charge in [-0.05, 0) is 25.1 Å². The van der Waals surface area contributed by atoms with Gasteiger partial charge in [0.25, 0.3) is 0 Å². The van der Waals surface area contributed by atoms with Gasteiger partial charge in [-0.2, -0.15) is 0 Å². The maximum atomic E-state index is 10.6. The third-order valence-electron chi connectivity index (χ3n) is 2.53. The summed E-state index contributed by atoms with van der Waals surface area (Å²) in [5, 5.41) is 0. The number of nitrogens with zero attached hydrogens (tertiary/aromatic N) is 1. The molecule has 0 aromatic heterocycles. The van der Waals surface area contributed by atoms with Crippen LogP contribution in [0, 0.1) is 0 Å². The number of esters is 1. The van der Waals surface area contributed by atoms with Crippen LogP contribution in [0.4, 0.5) is 0 Å². The van der Waals surface area contributed by atoms with Gasteiger partial charge >= 0.3 is 5.97 Å². The Labute approximate surface area is 131 Å². The summed E-state index contributed by atoms with van der Waals surface area (Å²) in [6.07, 6.45) is 2.44. The maximum Gasteiger partial charge on any atom is 0.330 e. The quantitative estimate of drug-likeness (QED) is 0.441. The van der Waals surface area contributed by atoms with E-state index in [2.05, 4.69) is 13.2 Å². The van der Waals surface area contributed by atoms with Gasteiger partial charge in [-0.3, -0.25) is 4.79 Å². The average Bonchev–Trinajstić information content (AvgIpc) is 2.58. The van der Waals surface area contributed by atoms with Gasteiger partial charge in [0, 0.05) is 19.7 Å². The molecule has 0 N–H and O–H groups in total. The molecule has 5 heteroatoms. The second-order valence-electron chi connectivity index (χ2n) is 4.09. The summed E-state index contributed by atoms with van der Waals surface area (Å²) in [6.45, 7) is 9.87. The summed E-state index contributed by atoms with van der Waals surface area (Å²) in [6, 6.07) is 9.35. The van der Waals surface area contributed by atoms with Crippen LogP contribution in [0.15, 0.2) is 55.6 Å². The summed E-state index contributed by atoms with van der Waals surface area (Å²) >= 11 is 0. The summed E-state index contributed by atoms with van der Waals surface area (Å²) in [4.78, 5) is 22.8. The van der Waals surface area contributed by atoms with Crippen LogP contribution in [0.25, 0.3) is 0 Å². The smallest absolute Gasteiger partial charge is 0.330 e. The molecule has 1 aromatic carbocycles. The summed E-state index contributed by atoms with van der Waals surface area (Å²) < 4.78 is 10.0. The van der Waals surface area contributed by atoms with Crippen molar-refractivity contribution in [3.63, 3.8) is 0 Å². The summed E-state index contributed by atoms with van der Waals surface area (Å²) in [5.74, 6) is 0.316. The van der Waals surface area contributed by atoms with E-state index in [-0.39, 0.29) is 12.5 Å². The lowest BCUT2D eigenvalue weighted by Crippen LogP contribution is -2.23. The molecule has 0 saturated heterocycles. The minimum absolute atomic E-state index is 0.0208. The molecule has 0 saturated carbocycles. The summed E-state index contributed by atoms with van der Waals surface area (Å²) in [5.41, 5.74) is 0. The standard InChI is InChI=1S/C11H12O3.C6H11NO/c1-2-11(12)14-9-8-13-10-6-4-3-5-7-10;1-4-6(8)7(3)5-2/h2-7H,1,8-9H2;4H,1,5H2,2-3H3. The van der Waals surface area contributed by atoms with E-state index in [0.717, 1.165) is 18.4 Å². The lowest BCUT2D eigenvalue weighted by molar-refractivity contribution is -0.138. The van der Waals surface area contributed by atoms with E-state index >= 15 is 0 Å². The van der Waals surface area contributed by atoms with E-state index < -0.39 is 5.97 Å². The topological polar surface area (TPSA) is 55.8 Å². The number of rotatable bonds is 7. The molecule has 0 aliphatic rings. The first kappa shape index (κ1) is 19.4. The van der Waals surface area contributed by atoms with Crippen molar-refractivity contribution in [1.29, 1.82) is 0 Å². The highest BCUT2D eigenvalue weighted by molar-refractivity contribution is 5.86. The highest BCUT2D eigenvalue weighted by Crippen LogP contribution is 2.07. The van der Waals surface area contributed by atoms with Crippen LogP contribution in [0.5, 0.6) is 5.75 Å². The zero-order chi connectivity index (χ0) is 16.8. The first-order valence-electron chi connectivity index (χ1n) is 6.89. The monoisotopic (exact) mass is 305 g/mol. The van der Waals surface area contributed by atoms with Crippen LogP contribution in [0.2, 0.25) is 0 Å². The van der Waals surface area contributed by atoms with Crippen LogP contribution in [0.1, 0.15) is 6.92 Å². The van der Waals surface area contributed by atoms with E-state index in [1.807, 2.05) is 37.3 Å². The van der Waals surface area contributed by atoms with Gasteiger partial charge in [-0.25, -0.2) is 4.79 Å². The Kier molecular flexibility index (Phi) is 10.8. The first-order valence-corrected chi connectivity index (χ1v) is 6.89. The van der Waals surface area contributed by atoms with Crippen molar-refractivity contribution in [2.75, 3.05) is 26.8 Å². The largest absolute Gasteiger partial charge is 0.490 e. The van der Waals surface area contributed by atoms with Gasteiger partial charge in [0.1, 0.15) is 19.0 Å². The van der Waals surface area contributed by atoms with E-state index in [1.165, 1.54) is 6.08 Å². The minimum Gasteiger partial charge on any atom is -0.490 e. The Hall–Kier alpha value is -2.56. The van der Waals surface area contributed by atoms with Crippen molar-refractivity contribution in [2.24, 2.45) is 0 Å². The van der Waals surface area contributed by atoms with Crippen molar-refractivity contribution in [3.8, 4) is 5.75 Å². The number of amides is 1. The van der Waals surface area contributed by atoms with Crippen LogP contribution in [-0.2, 0) is 14.3 Å². The Morgan fingerprint density at radius 1 is 1.14 bits per heavy atom. The van der Waals surface area contributed by atoms with Crippen molar-refractivity contribution in [2.45, 2.75) is 6.92 Å². The van der Waals surface area contributed by atoms with Gasteiger partial charge in [0.2, 0.25) is 5.91 Å². The second kappa shape index (κ2) is 12.2. The van der Waals surface area contributed by atoms with Gasteiger partial charge in [0.05, 0.1) is 0 Å². The molecule has 0 spiro atoms. The van der Waals surface area contributed by atoms with Crippen molar-refractivity contribution in [3.05, 3.63) is 55.6 Å². The molecule has 0 radical (unpaired) electrons. The number of hydrogen-bond donors (Lipinski definition) is 0. The van der Waals surface area contributed by atoms with Crippen LogP contribution < -0.4 is 4.74 Å². The van der Waals surface area contributed by atoms with E-state index in [1.54, 1.807) is 11.9 Å². The van der Waals surface area contributed by atoms with Crippen LogP contribution in [0.3, 0.4) is 0 Å². The Morgan fingerprint density at radius 3 is 2.23 bits per heavy atom. The predicted molar refractivity (Wildman–Crippen MR) is 86.6 cm³/mol. The Balaban J connectivity index is 0.000000472. The van der Waals surface area contributed by atoms with Gasteiger partial charge in [-0.1, -0.05) is 31.4 Å². The molecule has 0 fully saturated rings. The molecule has 0 heterocycles. The van der Waals surface area contributed by atoms with Gasteiger partial charge in [0.15, 0.2) is 0 Å². The minimum atomic E-state index is -0.429. The molecule has 1 rings (SSSR count). The average molecular weight is 305 g/mol. The normalized spacial score (nSPS) is 8.82. The third-order valence-corrected chi connectivity index (χ3v) is 2.53. The lowest BCUT2D eigenvalue weighted by atomic mass is 10.3. The molecule has 0 unspecified atom stereocenters. The molecular formula is C17H23NO4. The molecule has 120 valence electrons. The van der Waals surface area contributed by atoms with Crippen molar-refractivity contribution >= 4 is 11.9 Å². The number of ether oxygens (including phenoxy) is 2. The fourth-order valence-electron chi connectivity index (χ4n) is 1.19.